The van der Waals surface area contributed by atoms with Crippen molar-refractivity contribution in [3.05, 3.63) is 19.9 Å². The van der Waals surface area contributed by atoms with E-state index in [1.807, 2.05) is 0 Å². The molecule has 2 rings (SSSR count). The first-order valence-corrected chi connectivity index (χ1v) is 8.27. The third kappa shape index (κ3) is 3.22. The van der Waals surface area contributed by atoms with Gasteiger partial charge in [-0.2, -0.15) is 0 Å². The van der Waals surface area contributed by atoms with Crippen LogP contribution in [-0.2, 0) is 0 Å². The molecule has 0 bridgehead atoms. The molecule has 3 N–H and O–H groups in total. The van der Waals surface area contributed by atoms with Crippen LogP contribution in [0.2, 0.25) is 0 Å². The van der Waals surface area contributed by atoms with Crippen LogP contribution in [0.4, 0.5) is 0 Å². The molecule has 0 radical (unpaired) electrons. The highest BCUT2D eigenvalue weighted by Crippen LogP contribution is 2.40. The van der Waals surface area contributed by atoms with Crippen LogP contribution in [0.25, 0.3) is 0 Å². The Morgan fingerprint density at radius 1 is 1.41 bits per heavy atom. The first-order chi connectivity index (χ1) is 8.11. The van der Waals surface area contributed by atoms with Crippen LogP contribution < -0.4 is 11.3 Å². The number of hydrogen-bond donors (Lipinski definition) is 2. The second kappa shape index (κ2) is 5.99. The number of nitrogens with two attached hydrogens (primary N) is 1. The SMILES string of the molecule is CC1CCC(C(NN)c2csc(I)c2)CC1C. The van der Waals surface area contributed by atoms with Crippen LogP contribution in [0, 0.1) is 20.6 Å². The van der Waals surface area contributed by atoms with E-state index in [1.54, 1.807) is 11.3 Å². The van der Waals surface area contributed by atoms with Crippen LogP contribution >= 0.6 is 33.9 Å². The average molecular weight is 364 g/mol. The Bertz CT molecular complexity index is 366. The van der Waals surface area contributed by atoms with Gasteiger partial charge in [-0.1, -0.05) is 20.3 Å². The second-order valence-corrected chi connectivity index (χ2v) is 8.16. The molecule has 0 aliphatic heterocycles. The minimum absolute atomic E-state index is 0.338. The fourth-order valence-electron chi connectivity index (χ4n) is 2.88. The summed E-state index contributed by atoms with van der Waals surface area (Å²) in [4.78, 5) is 0. The lowest BCUT2D eigenvalue weighted by Gasteiger charge is -2.36. The second-order valence-electron chi connectivity index (χ2n) is 5.36. The Labute approximate surface area is 121 Å². The summed E-state index contributed by atoms with van der Waals surface area (Å²) in [6.45, 7) is 4.75. The Kier molecular flexibility index (Phi) is 4.86. The van der Waals surface area contributed by atoms with Crippen LogP contribution in [0.15, 0.2) is 11.4 Å². The molecule has 4 unspecified atom stereocenters. The van der Waals surface area contributed by atoms with E-state index in [-0.39, 0.29) is 0 Å². The van der Waals surface area contributed by atoms with Crippen LogP contribution in [0.5, 0.6) is 0 Å². The third-order valence-electron chi connectivity index (χ3n) is 4.24. The maximum Gasteiger partial charge on any atom is 0.0656 e. The van der Waals surface area contributed by atoms with Gasteiger partial charge in [0.25, 0.3) is 0 Å². The molecule has 4 atom stereocenters. The Morgan fingerprint density at radius 2 is 2.18 bits per heavy atom. The fourth-order valence-corrected chi connectivity index (χ4v) is 4.29. The molecule has 1 heterocycles. The fraction of sp³-hybridized carbons (Fsp3) is 0.692. The predicted octanol–water partition coefficient (Wildman–Crippen LogP) is 3.93. The Balaban J connectivity index is 2.08. The first kappa shape index (κ1) is 13.8. The zero-order valence-electron chi connectivity index (χ0n) is 10.4. The Morgan fingerprint density at radius 3 is 2.71 bits per heavy atom. The van der Waals surface area contributed by atoms with Gasteiger partial charge >= 0.3 is 0 Å². The number of hydrogen-bond acceptors (Lipinski definition) is 3. The van der Waals surface area contributed by atoms with Crippen molar-refractivity contribution >= 4 is 33.9 Å². The smallest absolute Gasteiger partial charge is 0.0656 e. The minimum Gasteiger partial charge on any atom is -0.271 e. The number of rotatable bonds is 3. The van der Waals surface area contributed by atoms with Gasteiger partial charge in [-0.05, 0) is 70.2 Å². The molecular weight excluding hydrogens is 343 g/mol. The maximum atomic E-state index is 5.78. The number of nitrogens with one attached hydrogen (secondary N) is 1. The summed E-state index contributed by atoms with van der Waals surface area (Å²) in [7, 11) is 0. The average Bonchev–Trinajstić information content (AvgIpc) is 2.71. The van der Waals surface area contributed by atoms with Crippen molar-refractivity contribution in [3.63, 3.8) is 0 Å². The molecule has 4 heteroatoms. The van der Waals surface area contributed by atoms with Crippen molar-refractivity contribution in [2.75, 3.05) is 0 Å². The molecule has 1 aliphatic carbocycles. The van der Waals surface area contributed by atoms with Crippen LogP contribution in [0.3, 0.4) is 0 Å². The monoisotopic (exact) mass is 364 g/mol. The third-order valence-corrected chi connectivity index (χ3v) is 6.04. The van der Waals surface area contributed by atoms with Crippen molar-refractivity contribution in [1.29, 1.82) is 0 Å². The lowest BCUT2D eigenvalue weighted by atomic mass is 9.72. The lowest BCUT2D eigenvalue weighted by molar-refractivity contribution is 0.171. The van der Waals surface area contributed by atoms with E-state index < -0.39 is 0 Å². The van der Waals surface area contributed by atoms with Crippen molar-refractivity contribution in [2.45, 2.75) is 39.2 Å². The lowest BCUT2D eigenvalue weighted by Crippen LogP contribution is -2.36. The highest BCUT2D eigenvalue weighted by Gasteiger charge is 2.30. The largest absolute Gasteiger partial charge is 0.271 e. The zero-order valence-corrected chi connectivity index (χ0v) is 13.4. The molecule has 1 fully saturated rings. The summed E-state index contributed by atoms with van der Waals surface area (Å²) in [6.07, 6.45) is 3.93. The van der Waals surface area contributed by atoms with E-state index in [0.717, 1.165) is 11.8 Å². The molecule has 0 aromatic carbocycles. The van der Waals surface area contributed by atoms with E-state index in [0.29, 0.717) is 12.0 Å². The Hall–Kier alpha value is 0.350. The van der Waals surface area contributed by atoms with E-state index in [2.05, 4.69) is 53.3 Å². The van der Waals surface area contributed by atoms with Gasteiger partial charge in [0.2, 0.25) is 0 Å². The van der Waals surface area contributed by atoms with Gasteiger partial charge in [0.15, 0.2) is 0 Å². The summed E-state index contributed by atoms with van der Waals surface area (Å²) in [5.41, 5.74) is 4.41. The molecule has 96 valence electrons. The van der Waals surface area contributed by atoms with Gasteiger partial charge in [0.05, 0.1) is 2.88 Å². The molecule has 0 saturated heterocycles. The van der Waals surface area contributed by atoms with E-state index in [9.17, 15) is 0 Å². The molecule has 1 saturated carbocycles. The summed E-state index contributed by atoms with van der Waals surface area (Å²) >= 11 is 4.18. The van der Waals surface area contributed by atoms with Gasteiger partial charge in [-0.15, -0.1) is 11.3 Å². The normalized spacial score (nSPS) is 31.4. The molecule has 2 nitrogen and oxygen atoms in total. The van der Waals surface area contributed by atoms with Gasteiger partial charge < -0.3 is 0 Å². The van der Waals surface area contributed by atoms with E-state index in [4.69, 9.17) is 5.84 Å². The molecule has 0 amide bonds. The number of hydrazine groups is 1. The van der Waals surface area contributed by atoms with Gasteiger partial charge in [-0.25, -0.2) is 0 Å². The molecule has 1 aromatic heterocycles. The highest BCUT2D eigenvalue weighted by molar-refractivity contribution is 14.1. The quantitative estimate of drug-likeness (QED) is 0.485. The van der Waals surface area contributed by atoms with Gasteiger partial charge in [-0.3, -0.25) is 11.3 Å². The van der Waals surface area contributed by atoms with E-state index in [1.165, 1.54) is 27.7 Å². The summed E-state index contributed by atoms with van der Waals surface area (Å²) in [5, 5.41) is 2.25. The molecule has 0 spiro atoms. The minimum atomic E-state index is 0.338. The van der Waals surface area contributed by atoms with E-state index >= 15 is 0 Å². The van der Waals surface area contributed by atoms with Gasteiger partial charge in [0.1, 0.15) is 0 Å². The van der Waals surface area contributed by atoms with Crippen molar-refractivity contribution in [2.24, 2.45) is 23.6 Å². The first-order valence-electron chi connectivity index (χ1n) is 6.32. The summed E-state index contributed by atoms with van der Waals surface area (Å²) in [5.74, 6) is 8.16. The predicted molar refractivity (Wildman–Crippen MR) is 82.8 cm³/mol. The van der Waals surface area contributed by atoms with Crippen molar-refractivity contribution < 1.29 is 0 Å². The molecule has 1 aliphatic rings. The molecule has 1 aromatic rings. The van der Waals surface area contributed by atoms with Crippen LogP contribution in [-0.4, -0.2) is 0 Å². The summed E-state index contributed by atoms with van der Waals surface area (Å²) < 4.78 is 1.34. The maximum absolute atomic E-state index is 5.78. The van der Waals surface area contributed by atoms with Crippen molar-refractivity contribution in [1.82, 2.24) is 5.43 Å². The van der Waals surface area contributed by atoms with Crippen molar-refractivity contribution in [3.8, 4) is 0 Å². The molecule has 17 heavy (non-hydrogen) atoms. The number of halogens is 1. The zero-order chi connectivity index (χ0) is 12.4. The van der Waals surface area contributed by atoms with Gasteiger partial charge in [0, 0.05) is 6.04 Å². The highest BCUT2D eigenvalue weighted by atomic mass is 127. The topological polar surface area (TPSA) is 38.0 Å². The number of thiophene rings is 1. The van der Waals surface area contributed by atoms with Crippen LogP contribution in [0.1, 0.15) is 44.7 Å². The standard InChI is InChI=1S/C13H21IN2S/c1-8-3-4-10(5-9(8)2)13(16-15)11-6-12(14)17-7-11/h6-10,13,16H,3-5,15H2,1-2H3. The summed E-state index contributed by atoms with van der Waals surface area (Å²) in [6, 6.07) is 2.60. The molecular formula is C13H21IN2S.